The first kappa shape index (κ1) is 20.0. The Hall–Kier alpha value is -2.31. The van der Waals surface area contributed by atoms with Crippen LogP contribution in [0.1, 0.15) is 39.5 Å². The summed E-state index contributed by atoms with van der Waals surface area (Å²) >= 11 is 3.41. The summed E-state index contributed by atoms with van der Waals surface area (Å²) in [5.74, 6) is 0.809. The SMILES string of the molecule is Cc1nc(CSc2ccc(C(=O)NCc3ccc(N4CCCC4)cc3)cc2)cs1. The van der Waals surface area contributed by atoms with Gasteiger partial charge >= 0.3 is 0 Å². The van der Waals surface area contributed by atoms with Crippen LogP contribution in [-0.2, 0) is 12.3 Å². The second-order valence-corrected chi connectivity index (χ2v) is 9.33. The molecule has 1 amide bonds. The molecule has 3 aromatic rings. The first-order valence-corrected chi connectivity index (χ1v) is 11.8. The van der Waals surface area contributed by atoms with Crippen LogP contribution in [0.4, 0.5) is 5.69 Å². The van der Waals surface area contributed by atoms with Crippen molar-refractivity contribution < 1.29 is 4.79 Å². The number of carbonyl (C=O) groups excluding carboxylic acids is 1. The van der Waals surface area contributed by atoms with E-state index in [1.807, 2.05) is 31.2 Å². The number of benzene rings is 2. The number of nitrogens with one attached hydrogen (secondary N) is 1. The van der Waals surface area contributed by atoms with Gasteiger partial charge in [-0.2, -0.15) is 0 Å². The molecule has 0 atom stereocenters. The van der Waals surface area contributed by atoms with Crippen molar-refractivity contribution in [3.63, 3.8) is 0 Å². The zero-order valence-corrected chi connectivity index (χ0v) is 18.2. The lowest BCUT2D eigenvalue weighted by Crippen LogP contribution is -2.22. The van der Waals surface area contributed by atoms with Gasteiger partial charge < -0.3 is 10.2 Å². The van der Waals surface area contributed by atoms with Gasteiger partial charge in [-0.25, -0.2) is 4.98 Å². The molecule has 1 saturated heterocycles. The molecule has 1 aromatic heterocycles. The Bertz CT molecular complexity index is 945. The van der Waals surface area contributed by atoms with Crippen molar-refractivity contribution in [2.75, 3.05) is 18.0 Å². The first-order chi connectivity index (χ1) is 14.2. The van der Waals surface area contributed by atoms with E-state index in [1.54, 1.807) is 23.1 Å². The highest BCUT2D eigenvalue weighted by molar-refractivity contribution is 7.98. The predicted molar refractivity (Wildman–Crippen MR) is 122 cm³/mol. The second kappa shape index (κ2) is 9.46. The van der Waals surface area contributed by atoms with Gasteiger partial charge in [0, 0.05) is 46.9 Å². The highest BCUT2D eigenvalue weighted by Gasteiger charge is 2.12. The van der Waals surface area contributed by atoms with Crippen molar-refractivity contribution in [2.24, 2.45) is 0 Å². The molecule has 1 aliphatic heterocycles. The van der Waals surface area contributed by atoms with E-state index in [4.69, 9.17) is 0 Å². The summed E-state index contributed by atoms with van der Waals surface area (Å²) in [6.45, 7) is 4.86. The molecule has 0 spiro atoms. The number of amides is 1. The van der Waals surface area contributed by atoms with Crippen molar-refractivity contribution in [1.29, 1.82) is 0 Å². The lowest BCUT2D eigenvalue weighted by molar-refractivity contribution is 0.0951. The molecule has 150 valence electrons. The van der Waals surface area contributed by atoms with Gasteiger partial charge in [0.05, 0.1) is 10.7 Å². The molecule has 0 bridgehead atoms. The van der Waals surface area contributed by atoms with Crippen LogP contribution >= 0.6 is 23.1 Å². The zero-order valence-electron chi connectivity index (χ0n) is 16.6. The van der Waals surface area contributed by atoms with Crippen LogP contribution in [0.2, 0.25) is 0 Å². The van der Waals surface area contributed by atoms with Crippen LogP contribution in [0.5, 0.6) is 0 Å². The summed E-state index contributed by atoms with van der Waals surface area (Å²) in [6, 6.07) is 16.3. The summed E-state index contributed by atoms with van der Waals surface area (Å²) in [4.78, 5) is 20.5. The Morgan fingerprint density at radius 3 is 2.48 bits per heavy atom. The standard InChI is InChI=1S/C23H25N3OS2/c1-17-25-20(15-28-17)16-29-22-10-6-19(7-11-22)23(27)24-14-18-4-8-21(9-5-18)26-12-2-3-13-26/h4-11,15H,2-3,12-14,16H2,1H3,(H,24,27). The number of rotatable bonds is 7. The average Bonchev–Trinajstić information content (AvgIpc) is 3.43. The molecule has 2 heterocycles. The summed E-state index contributed by atoms with van der Waals surface area (Å²) in [6.07, 6.45) is 2.55. The Labute approximate surface area is 180 Å². The monoisotopic (exact) mass is 423 g/mol. The van der Waals surface area contributed by atoms with Gasteiger partial charge in [-0.1, -0.05) is 12.1 Å². The van der Waals surface area contributed by atoms with Crippen molar-refractivity contribution in [1.82, 2.24) is 10.3 Å². The van der Waals surface area contributed by atoms with Gasteiger partial charge in [-0.15, -0.1) is 23.1 Å². The molecule has 6 heteroatoms. The van der Waals surface area contributed by atoms with Crippen molar-refractivity contribution >= 4 is 34.7 Å². The number of hydrogen-bond acceptors (Lipinski definition) is 5. The van der Waals surface area contributed by atoms with Crippen LogP contribution in [0.3, 0.4) is 0 Å². The Morgan fingerprint density at radius 2 is 1.83 bits per heavy atom. The average molecular weight is 424 g/mol. The Kier molecular flexibility index (Phi) is 6.52. The predicted octanol–water partition coefficient (Wildman–Crippen LogP) is 5.27. The molecule has 0 radical (unpaired) electrons. The number of anilines is 1. The Morgan fingerprint density at radius 1 is 1.10 bits per heavy atom. The number of aryl methyl sites for hydroxylation is 1. The fraction of sp³-hybridized carbons (Fsp3) is 0.304. The first-order valence-electron chi connectivity index (χ1n) is 9.93. The van der Waals surface area contributed by atoms with Crippen LogP contribution in [0.15, 0.2) is 58.8 Å². The third-order valence-corrected chi connectivity index (χ3v) is 6.90. The minimum atomic E-state index is -0.0414. The molecule has 0 unspecified atom stereocenters. The van der Waals surface area contributed by atoms with Crippen LogP contribution in [0.25, 0.3) is 0 Å². The van der Waals surface area contributed by atoms with E-state index in [0.717, 1.165) is 40.0 Å². The maximum Gasteiger partial charge on any atom is 0.251 e. The van der Waals surface area contributed by atoms with E-state index in [-0.39, 0.29) is 5.91 Å². The number of aromatic nitrogens is 1. The number of thioether (sulfide) groups is 1. The van der Waals surface area contributed by atoms with Crippen LogP contribution < -0.4 is 10.2 Å². The van der Waals surface area contributed by atoms with E-state index in [9.17, 15) is 4.79 Å². The zero-order chi connectivity index (χ0) is 20.1. The van der Waals surface area contributed by atoms with Crippen LogP contribution in [-0.4, -0.2) is 24.0 Å². The summed E-state index contributed by atoms with van der Waals surface area (Å²) < 4.78 is 0. The molecule has 1 fully saturated rings. The molecule has 1 N–H and O–H groups in total. The number of thiazole rings is 1. The summed E-state index contributed by atoms with van der Waals surface area (Å²) in [7, 11) is 0. The largest absolute Gasteiger partial charge is 0.372 e. The van der Waals surface area contributed by atoms with E-state index in [1.165, 1.54) is 18.5 Å². The number of hydrogen-bond donors (Lipinski definition) is 1. The number of nitrogens with zero attached hydrogens (tertiary/aromatic N) is 2. The smallest absolute Gasteiger partial charge is 0.251 e. The lowest BCUT2D eigenvalue weighted by atomic mass is 10.1. The molecule has 0 aliphatic carbocycles. The molecule has 0 saturated carbocycles. The fourth-order valence-corrected chi connectivity index (χ4v) is 4.93. The van der Waals surface area contributed by atoms with Gasteiger partial charge in [0.2, 0.25) is 0 Å². The van der Waals surface area contributed by atoms with Crippen LogP contribution in [0, 0.1) is 6.92 Å². The Balaban J connectivity index is 1.27. The van der Waals surface area contributed by atoms with E-state index < -0.39 is 0 Å². The minimum absolute atomic E-state index is 0.0414. The van der Waals surface area contributed by atoms with Crippen molar-refractivity contribution in [2.45, 2.75) is 37.0 Å². The normalized spacial score (nSPS) is 13.6. The van der Waals surface area contributed by atoms with Gasteiger partial charge in [0.1, 0.15) is 0 Å². The van der Waals surface area contributed by atoms with E-state index >= 15 is 0 Å². The molecule has 1 aliphatic rings. The van der Waals surface area contributed by atoms with E-state index in [0.29, 0.717) is 12.1 Å². The summed E-state index contributed by atoms with van der Waals surface area (Å²) in [5.41, 5.74) is 4.19. The molecular weight excluding hydrogens is 398 g/mol. The molecule has 4 nitrogen and oxygen atoms in total. The third-order valence-electron chi connectivity index (χ3n) is 5.03. The minimum Gasteiger partial charge on any atom is -0.372 e. The van der Waals surface area contributed by atoms with E-state index in [2.05, 4.69) is 44.8 Å². The fourth-order valence-electron chi connectivity index (χ4n) is 3.42. The highest BCUT2D eigenvalue weighted by Crippen LogP contribution is 2.24. The van der Waals surface area contributed by atoms with Gasteiger partial charge in [0.25, 0.3) is 5.91 Å². The molecule has 2 aromatic carbocycles. The summed E-state index contributed by atoms with van der Waals surface area (Å²) in [5, 5.41) is 6.21. The quantitative estimate of drug-likeness (QED) is 0.526. The topological polar surface area (TPSA) is 45.2 Å². The molecular formula is C23H25N3OS2. The second-order valence-electron chi connectivity index (χ2n) is 7.21. The third kappa shape index (κ3) is 5.40. The number of carbonyl (C=O) groups is 1. The maximum atomic E-state index is 12.5. The molecule has 4 rings (SSSR count). The van der Waals surface area contributed by atoms with Crippen molar-refractivity contribution in [3.8, 4) is 0 Å². The van der Waals surface area contributed by atoms with Gasteiger partial charge in [-0.05, 0) is 61.7 Å². The van der Waals surface area contributed by atoms with Crippen molar-refractivity contribution in [3.05, 3.63) is 75.7 Å². The lowest BCUT2D eigenvalue weighted by Gasteiger charge is -2.17. The molecule has 29 heavy (non-hydrogen) atoms. The van der Waals surface area contributed by atoms with Gasteiger partial charge in [0.15, 0.2) is 0 Å². The van der Waals surface area contributed by atoms with Gasteiger partial charge in [-0.3, -0.25) is 4.79 Å². The highest BCUT2D eigenvalue weighted by atomic mass is 32.2. The maximum absolute atomic E-state index is 12.5.